The minimum atomic E-state index is -0.494. The highest BCUT2D eigenvalue weighted by atomic mass is 79.9. The Morgan fingerprint density at radius 3 is 2.72 bits per heavy atom. The molecule has 96 valence electrons. The van der Waals surface area contributed by atoms with E-state index in [1.54, 1.807) is 10.9 Å². The van der Waals surface area contributed by atoms with Crippen molar-refractivity contribution in [1.82, 2.24) is 9.78 Å². The third-order valence-corrected chi connectivity index (χ3v) is 3.81. The van der Waals surface area contributed by atoms with Crippen LogP contribution in [0.15, 0.2) is 34.9 Å². The average Bonchev–Trinajstić information content (AvgIpc) is 2.68. The Labute approximate surface area is 116 Å². The molecule has 0 radical (unpaired) electrons. The third kappa shape index (κ3) is 2.82. The summed E-state index contributed by atoms with van der Waals surface area (Å²) in [5.74, 6) is 0. The summed E-state index contributed by atoms with van der Waals surface area (Å²) in [6, 6.07) is 8.28. The van der Waals surface area contributed by atoms with E-state index in [0.29, 0.717) is 6.42 Å². The summed E-state index contributed by atoms with van der Waals surface area (Å²) < 4.78 is 2.58. The molecule has 0 saturated carbocycles. The molecule has 1 atom stereocenters. The van der Waals surface area contributed by atoms with E-state index in [1.165, 1.54) is 11.1 Å². The Hall–Kier alpha value is -1.13. The van der Waals surface area contributed by atoms with Gasteiger partial charge in [-0.05, 0) is 46.8 Å². The Kier molecular flexibility index (Phi) is 4.19. The van der Waals surface area contributed by atoms with Crippen molar-refractivity contribution in [3.8, 4) is 0 Å². The molecule has 1 unspecified atom stereocenters. The highest BCUT2D eigenvalue weighted by molar-refractivity contribution is 9.10. The number of aliphatic hydroxyl groups excluding tert-OH is 1. The van der Waals surface area contributed by atoms with Gasteiger partial charge in [0, 0.05) is 7.05 Å². The molecule has 0 bridgehead atoms. The smallest absolute Gasteiger partial charge is 0.0971 e. The number of hydrogen-bond donors (Lipinski definition) is 1. The highest BCUT2D eigenvalue weighted by Gasteiger charge is 2.16. The Balaban J connectivity index is 2.05. The molecule has 0 amide bonds. The van der Waals surface area contributed by atoms with E-state index in [9.17, 15) is 5.11 Å². The number of benzene rings is 1. The van der Waals surface area contributed by atoms with E-state index >= 15 is 0 Å². The van der Waals surface area contributed by atoms with Gasteiger partial charge < -0.3 is 5.11 Å². The van der Waals surface area contributed by atoms with E-state index in [1.807, 2.05) is 19.2 Å². The fourth-order valence-electron chi connectivity index (χ4n) is 2.11. The van der Waals surface area contributed by atoms with Gasteiger partial charge in [0.25, 0.3) is 0 Å². The highest BCUT2D eigenvalue weighted by Crippen LogP contribution is 2.26. The van der Waals surface area contributed by atoms with Gasteiger partial charge in [-0.3, -0.25) is 4.68 Å². The normalized spacial score (nSPS) is 12.7. The molecule has 0 aliphatic rings. The van der Waals surface area contributed by atoms with Crippen LogP contribution in [-0.2, 0) is 13.5 Å². The maximum absolute atomic E-state index is 10.2. The van der Waals surface area contributed by atoms with Crippen LogP contribution in [0.5, 0.6) is 0 Å². The van der Waals surface area contributed by atoms with Gasteiger partial charge in [-0.1, -0.05) is 24.3 Å². The van der Waals surface area contributed by atoms with Gasteiger partial charge in [-0.25, -0.2) is 0 Å². The molecule has 1 N–H and O–H groups in total. The van der Waals surface area contributed by atoms with E-state index in [4.69, 9.17) is 0 Å². The van der Waals surface area contributed by atoms with Crippen LogP contribution in [0.1, 0.15) is 29.3 Å². The molecule has 2 aromatic rings. The lowest BCUT2D eigenvalue weighted by Crippen LogP contribution is -2.07. The summed E-state index contributed by atoms with van der Waals surface area (Å²) in [5.41, 5.74) is 3.40. The molecule has 0 spiro atoms. The van der Waals surface area contributed by atoms with Crippen molar-refractivity contribution < 1.29 is 5.11 Å². The number of aryl methyl sites for hydroxylation is 3. The lowest BCUT2D eigenvalue weighted by atomic mass is 10.0. The van der Waals surface area contributed by atoms with Gasteiger partial charge in [0.2, 0.25) is 0 Å². The number of rotatable bonds is 4. The fraction of sp³-hybridized carbons (Fsp3) is 0.357. The first kappa shape index (κ1) is 13.3. The van der Waals surface area contributed by atoms with Crippen LogP contribution in [0.25, 0.3) is 0 Å². The molecular formula is C14H17BrN2O. The van der Waals surface area contributed by atoms with Gasteiger partial charge >= 0.3 is 0 Å². The topological polar surface area (TPSA) is 38.1 Å². The summed E-state index contributed by atoms with van der Waals surface area (Å²) in [4.78, 5) is 0. The number of halogens is 1. The van der Waals surface area contributed by atoms with Crippen molar-refractivity contribution in [1.29, 1.82) is 0 Å². The zero-order chi connectivity index (χ0) is 13.1. The molecule has 18 heavy (non-hydrogen) atoms. The van der Waals surface area contributed by atoms with Crippen molar-refractivity contribution in [3.05, 3.63) is 51.8 Å². The van der Waals surface area contributed by atoms with Crippen molar-refractivity contribution in [3.63, 3.8) is 0 Å². The summed E-state index contributed by atoms with van der Waals surface area (Å²) >= 11 is 3.42. The summed E-state index contributed by atoms with van der Waals surface area (Å²) in [6.45, 7) is 2.10. The summed E-state index contributed by atoms with van der Waals surface area (Å²) in [7, 11) is 1.84. The Morgan fingerprint density at radius 2 is 2.11 bits per heavy atom. The molecule has 3 nitrogen and oxygen atoms in total. The molecular weight excluding hydrogens is 292 g/mol. The molecule has 2 rings (SSSR count). The number of nitrogens with zero attached hydrogens (tertiary/aromatic N) is 2. The van der Waals surface area contributed by atoms with E-state index in [2.05, 4.69) is 40.1 Å². The number of hydrogen-bond acceptors (Lipinski definition) is 2. The predicted octanol–water partition coefficient (Wildman–Crippen LogP) is 3.16. The Morgan fingerprint density at radius 1 is 1.39 bits per heavy atom. The molecule has 0 aliphatic carbocycles. The molecule has 0 aliphatic heterocycles. The van der Waals surface area contributed by atoms with Crippen LogP contribution in [0, 0.1) is 6.92 Å². The average molecular weight is 309 g/mol. The first-order chi connectivity index (χ1) is 8.59. The minimum absolute atomic E-state index is 0.494. The molecule has 0 fully saturated rings. The van der Waals surface area contributed by atoms with Gasteiger partial charge in [-0.2, -0.15) is 5.10 Å². The SMILES string of the molecule is Cc1ccccc1CCC(O)c1c(Br)cnn1C. The zero-order valence-electron chi connectivity index (χ0n) is 10.6. The van der Waals surface area contributed by atoms with Crippen molar-refractivity contribution in [2.75, 3.05) is 0 Å². The molecule has 1 heterocycles. The van der Waals surface area contributed by atoms with Crippen LogP contribution in [-0.4, -0.2) is 14.9 Å². The number of aromatic nitrogens is 2. The molecule has 1 aromatic heterocycles. The standard InChI is InChI=1S/C14H17BrN2O/c1-10-5-3-4-6-11(10)7-8-13(18)14-12(15)9-16-17(14)2/h3-6,9,13,18H,7-8H2,1-2H3. The second kappa shape index (κ2) is 5.67. The van der Waals surface area contributed by atoms with Gasteiger partial charge in [0.1, 0.15) is 0 Å². The van der Waals surface area contributed by atoms with Gasteiger partial charge in [0.05, 0.1) is 22.5 Å². The second-order valence-electron chi connectivity index (χ2n) is 4.48. The van der Waals surface area contributed by atoms with E-state index in [0.717, 1.165) is 16.6 Å². The maximum Gasteiger partial charge on any atom is 0.0971 e. The molecule has 0 saturated heterocycles. The quantitative estimate of drug-likeness (QED) is 0.942. The maximum atomic E-state index is 10.2. The number of aliphatic hydroxyl groups is 1. The zero-order valence-corrected chi connectivity index (χ0v) is 12.2. The third-order valence-electron chi connectivity index (χ3n) is 3.20. The Bertz CT molecular complexity index is 517. The van der Waals surface area contributed by atoms with Gasteiger partial charge in [0.15, 0.2) is 0 Å². The second-order valence-corrected chi connectivity index (χ2v) is 5.34. The van der Waals surface area contributed by atoms with Crippen LogP contribution < -0.4 is 0 Å². The van der Waals surface area contributed by atoms with Crippen LogP contribution >= 0.6 is 15.9 Å². The molecule has 4 heteroatoms. The lowest BCUT2D eigenvalue weighted by Gasteiger charge is -2.13. The van der Waals surface area contributed by atoms with Crippen molar-refractivity contribution >= 4 is 15.9 Å². The monoisotopic (exact) mass is 308 g/mol. The first-order valence-corrected chi connectivity index (χ1v) is 6.79. The van der Waals surface area contributed by atoms with Gasteiger partial charge in [-0.15, -0.1) is 0 Å². The minimum Gasteiger partial charge on any atom is -0.387 e. The van der Waals surface area contributed by atoms with Crippen LogP contribution in [0.4, 0.5) is 0 Å². The summed E-state index contributed by atoms with van der Waals surface area (Å²) in [5, 5.41) is 14.4. The van der Waals surface area contributed by atoms with E-state index in [-0.39, 0.29) is 0 Å². The van der Waals surface area contributed by atoms with Crippen molar-refractivity contribution in [2.45, 2.75) is 25.9 Å². The fourth-order valence-corrected chi connectivity index (χ4v) is 2.73. The largest absolute Gasteiger partial charge is 0.387 e. The lowest BCUT2D eigenvalue weighted by molar-refractivity contribution is 0.157. The van der Waals surface area contributed by atoms with Crippen molar-refractivity contribution in [2.24, 2.45) is 7.05 Å². The molecule has 1 aromatic carbocycles. The van der Waals surface area contributed by atoms with Crippen LogP contribution in [0.2, 0.25) is 0 Å². The van der Waals surface area contributed by atoms with Crippen LogP contribution in [0.3, 0.4) is 0 Å². The first-order valence-electron chi connectivity index (χ1n) is 5.99. The van der Waals surface area contributed by atoms with E-state index < -0.39 is 6.10 Å². The summed E-state index contributed by atoms with van der Waals surface area (Å²) in [6.07, 6.45) is 2.78. The predicted molar refractivity (Wildman–Crippen MR) is 75.4 cm³/mol.